The summed E-state index contributed by atoms with van der Waals surface area (Å²) < 4.78 is 31.8. The van der Waals surface area contributed by atoms with Crippen LogP contribution in [0, 0.1) is 11.6 Å². The van der Waals surface area contributed by atoms with Gasteiger partial charge in [0.15, 0.2) is 6.04 Å². The van der Waals surface area contributed by atoms with Gasteiger partial charge in [-0.1, -0.05) is 30.3 Å². The molecule has 6 nitrogen and oxygen atoms in total. The van der Waals surface area contributed by atoms with Crippen LogP contribution in [0.1, 0.15) is 37.9 Å². The SMILES string of the molecule is CC(C)(C)OC(=O)[C@@H](NC(=O)CNC(=O)Cc1cc(F)cc(F)c1)c1ccccc1. The fraction of sp³-hybridized carbons (Fsp3) is 0.318. The molecule has 2 N–H and O–H groups in total. The van der Waals surface area contributed by atoms with E-state index in [1.54, 1.807) is 51.1 Å². The maximum atomic E-state index is 13.2. The molecule has 0 fully saturated rings. The lowest BCUT2D eigenvalue weighted by molar-refractivity contribution is -0.158. The van der Waals surface area contributed by atoms with E-state index in [-0.39, 0.29) is 12.0 Å². The molecule has 0 aromatic heterocycles. The first-order chi connectivity index (χ1) is 14.0. The van der Waals surface area contributed by atoms with Crippen LogP contribution in [0.2, 0.25) is 0 Å². The number of carbonyl (C=O) groups excluding carboxylic acids is 3. The van der Waals surface area contributed by atoms with Crippen molar-refractivity contribution in [3.63, 3.8) is 0 Å². The molecule has 1 atom stereocenters. The molecule has 0 aliphatic heterocycles. The van der Waals surface area contributed by atoms with Crippen LogP contribution in [0.25, 0.3) is 0 Å². The highest BCUT2D eigenvalue weighted by atomic mass is 19.1. The minimum absolute atomic E-state index is 0.140. The van der Waals surface area contributed by atoms with Gasteiger partial charge >= 0.3 is 5.97 Å². The van der Waals surface area contributed by atoms with Crippen molar-refractivity contribution < 1.29 is 27.9 Å². The molecule has 30 heavy (non-hydrogen) atoms. The Kier molecular flexibility index (Phi) is 7.63. The molecule has 2 rings (SSSR count). The zero-order chi connectivity index (χ0) is 22.3. The van der Waals surface area contributed by atoms with E-state index >= 15 is 0 Å². The van der Waals surface area contributed by atoms with E-state index in [0.29, 0.717) is 11.6 Å². The van der Waals surface area contributed by atoms with Crippen molar-refractivity contribution in [1.29, 1.82) is 0 Å². The molecule has 8 heteroatoms. The van der Waals surface area contributed by atoms with Gasteiger partial charge in [0, 0.05) is 6.07 Å². The first kappa shape index (κ1) is 23.0. The van der Waals surface area contributed by atoms with Crippen LogP contribution in [0.5, 0.6) is 0 Å². The molecule has 0 bridgehead atoms. The van der Waals surface area contributed by atoms with Crippen LogP contribution >= 0.6 is 0 Å². The normalized spacial score (nSPS) is 12.0. The molecule has 0 radical (unpaired) electrons. The summed E-state index contributed by atoms with van der Waals surface area (Å²) in [6.45, 7) is 4.72. The second-order valence-corrected chi connectivity index (χ2v) is 7.68. The van der Waals surface area contributed by atoms with Gasteiger partial charge in [-0.3, -0.25) is 9.59 Å². The zero-order valence-electron chi connectivity index (χ0n) is 17.0. The average molecular weight is 418 g/mol. The summed E-state index contributed by atoms with van der Waals surface area (Å²) in [6.07, 6.45) is -0.295. The van der Waals surface area contributed by atoms with Crippen molar-refractivity contribution in [3.8, 4) is 0 Å². The lowest BCUT2D eigenvalue weighted by Gasteiger charge is -2.25. The molecule has 0 unspecified atom stereocenters. The van der Waals surface area contributed by atoms with Crippen molar-refractivity contribution in [2.75, 3.05) is 6.54 Å². The van der Waals surface area contributed by atoms with Crippen molar-refractivity contribution in [1.82, 2.24) is 10.6 Å². The summed E-state index contributed by atoms with van der Waals surface area (Å²) in [6, 6.07) is 10.3. The van der Waals surface area contributed by atoms with Crippen LogP contribution in [-0.2, 0) is 25.5 Å². The lowest BCUT2D eigenvalue weighted by atomic mass is 10.1. The van der Waals surface area contributed by atoms with Gasteiger partial charge in [0.1, 0.15) is 17.2 Å². The highest BCUT2D eigenvalue weighted by Gasteiger charge is 2.28. The summed E-state index contributed by atoms with van der Waals surface area (Å²) in [4.78, 5) is 36.8. The first-order valence-electron chi connectivity index (χ1n) is 9.32. The number of hydrogen-bond donors (Lipinski definition) is 2. The van der Waals surface area contributed by atoms with E-state index in [9.17, 15) is 23.2 Å². The third-order valence-corrected chi connectivity index (χ3v) is 3.81. The van der Waals surface area contributed by atoms with Gasteiger partial charge in [0.2, 0.25) is 11.8 Å². The van der Waals surface area contributed by atoms with Gasteiger partial charge < -0.3 is 15.4 Å². The zero-order valence-corrected chi connectivity index (χ0v) is 17.0. The van der Waals surface area contributed by atoms with Crippen LogP contribution in [-0.4, -0.2) is 29.9 Å². The number of esters is 1. The molecule has 2 amide bonds. The summed E-state index contributed by atoms with van der Waals surface area (Å²) in [5, 5.41) is 4.91. The molecular formula is C22H24F2N2O4. The molecular weight excluding hydrogens is 394 g/mol. The van der Waals surface area contributed by atoms with Crippen LogP contribution in [0.15, 0.2) is 48.5 Å². The molecule has 160 valence electrons. The van der Waals surface area contributed by atoms with Gasteiger partial charge in [0.05, 0.1) is 13.0 Å². The molecule has 0 aliphatic carbocycles. The molecule has 0 saturated heterocycles. The molecule has 2 aromatic rings. The number of benzene rings is 2. The monoisotopic (exact) mass is 418 g/mol. The van der Waals surface area contributed by atoms with Crippen LogP contribution in [0.4, 0.5) is 8.78 Å². The second-order valence-electron chi connectivity index (χ2n) is 7.68. The van der Waals surface area contributed by atoms with E-state index in [1.165, 1.54) is 0 Å². The van der Waals surface area contributed by atoms with Crippen LogP contribution in [0.3, 0.4) is 0 Å². The Morgan fingerprint density at radius 1 is 0.967 bits per heavy atom. The first-order valence-corrected chi connectivity index (χ1v) is 9.32. The lowest BCUT2D eigenvalue weighted by Crippen LogP contribution is -2.43. The minimum Gasteiger partial charge on any atom is -0.458 e. The summed E-state index contributed by atoms with van der Waals surface area (Å²) in [5.41, 5.74) is -0.0773. The molecule has 0 aliphatic rings. The third-order valence-electron chi connectivity index (χ3n) is 3.81. The number of halogens is 2. The quantitative estimate of drug-likeness (QED) is 0.678. The smallest absolute Gasteiger partial charge is 0.333 e. The number of rotatable bonds is 7. The van der Waals surface area contributed by atoms with E-state index < -0.39 is 47.6 Å². The van der Waals surface area contributed by atoms with E-state index in [4.69, 9.17) is 4.74 Å². The van der Waals surface area contributed by atoms with E-state index in [0.717, 1.165) is 12.1 Å². The average Bonchev–Trinajstić information content (AvgIpc) is 2.63. The number of amides is 2. The fourth-order valence-corrected chi connectivity index (χ4v) is 2.64. The topological polar surface area (TPSA) is 84.5 Å². The number of hydrogen-bond acceptors (Lipinski definition) is 4. The van der Waals surface area contributed by atoms with Crippen molar-refractivity contribution in [2.24, 2.45) is 0 Å². The highest BCUT2D eigenvalue weighted by molar-refractivity contribution is 5.89. The summed E-state index contributed by atoms with van der Waals surface area (Å²) >= 11 is 0. The molecule has 0 heterocycles. The van der Waals surface area contributed by atoms with E-state index in [1.807, 2.05) is 0 Å². The number of nitrogens with one attached hydrogen (secondary N) is 2. The van der Waals surface area contributed by atoms with Crippen LogP contribution < -0.4 is 10.6 Å². The Morgan fingerprint density at radius 2 is 1.57 bits per heavy atom. The Labute approximate surface area is 173 Å². The Hall–Kier alpha value is -3.29. The van der Waals surface area contributed by atoms with Gasteiger partial charge in [-0.25, -0.2) is 13.6 Å². The molecule has 0 saturated carbocycles. The minimum atomic E-state index is -1.05. The Balaban J connectivity index is 1.98. The second kappa shape index (κ2) is 9.96. The van der Waals surface area contributed by atoms with Gasteiger partial charge in [0.25, 0.3) is 0 Å². The van der Waals surface area contributed by atoms with Gasteiger partial charge in [-0.2, -0.15) is 0 Å². The summed E-state index contributed by atoms with van der Waals surface area (Å²) in [7, 11) is 0. The Bertz CT molecular complexity index is 891. The number of carbonyl (C=O) groups is 3. The fourth-order valence-electron chi connectivity index (χ4n) is 2.64. The Morgan fingerprint density at radius 3 is 2.13 bits per heavy atom. The maximum Gasteiger partial charge on any atom is 0.333 e. The standard InChI is InChI=1S/C22H24F2N2O4/c1-22(2,3)30-21(29)20(15-7-5-4-6-8-15)26-19(28)13-25-18(27)11-14-9-16(23)12-17(24)10-14/h4-10,12,20H,11,13H2,1-3H3,(H,25,27)(H,26,28)/t20-/m0/s1. The molecule has 2 aromatic carbocycles. The predicted octanol–water partition coefficient (Wildman–Crippen LogP) is 2.82. The van der Waals surface area contributed by atoms with Gasteiger partial charge in [-0.15, -0.1) is 0 Å². The van der Waals surface area contributed by atoms with Crippen molar-refractivity contribution >= 4 is 17.8 Å². The van der Waals surface area contributed by atoms with Crippen molar-refractivity contribution in [3.05, 3.63) is 71.3 Å². The predicted molar refractivity (Wildman–Crippen MR) is 106 cm³/mol. The third kappa shape index (κ3) is 7.62. The van der Waals surface area contributed by atoms with Crippen molar-refractivity contribution in [2.45, 2.75) is 38.8 Å². The maximum absolute atomic E-state index is 13.2. The van der Waals surface area contributed by atoms with Gasteiger partial charge in [-0.05, 0) is 44.0 Å². The van der Waals surface area contributed by atoms with E-state index in [2.05, 4.69) is 10.6 Å². The number of ether oxygens (including phenoxy) is 1. The molecule has 0 spiro atoms. The summed E-state index contributed by atoms with van der Waals surface area (Å²) in [5.74, 6) is -3.43. The highest BCUT2D eigenvalue weighted by Crippen LogP contribution is 2.18. The largest absolute Gasteiger partial charge is 0.458 e.